The van der Waals surface area contributed by atoms with Crippen LogP contribution < -0.4 is 5.32 Å². The van der Waals surface area contributed by atoms with Gasteiger partial charge in [0.2, 0.25) is 5.95 Å². The Morgan fingerprint density at radius 3 is 3.13 bits per heavy atom. The first-order valence-corrected chi connectivity index (χ1v) is 8.97. The van der Waals surface area contributed by atoms with Crippen LogP contribution in [0.2, 0.25) is 0 Å². The Balaban J connectivity index is 1.81. The summed E-state index contributed by atoms with van der Waals surface area (Å²) in [7, 11) is 4.13. The predicted octanol–water partition coefficient (Wildman–Crippen LogP) is 2.44. The molecule has 0 amide bonds. The fraction of sp³-hybridized carbons (Fsp3) is 0.562. The minimum atomic E-state index is 0.737. The van der Waals surface area contributed by atoms with Crippen LogP contribution in [0.5, 0.6) is 0 Å². The van der Waals surface area contributed by atoms with Crippen molar-refractivity contribution in [3.05, 3.63) is 16.8 Å². The smallest absolute Gasteiger partial charge is 0.227 e. The van der Waals surface area contributed by atoms with E-state index in [4.69, 9.17) is 4.98 Å². The van der Waals surface area contributed by atoms with Crippen LogP contribution in [0.25, 0.3) is 15.9 Å². The van der Waals surface area contributed by atoms with Crippen LogP contribution in [0.3, 0.4) is 0 Å². The molecule has 1 aliphatic rings. The quantitative estimate of drug-likeness (QED) is 0.796. The lowest BCUT2D eigenvalue weighted by atomic mass is 9.89. The van der Waals surface area contributed by atoms with Gasteiger partial charge in [-0.2, -0.15) is 9.61 Å². The van der Waals surface area contributed by atoms with Crippen LogP contribution in [-0.4, -0.2) is 51.7 Å². The Labute approximate surface area is 139 Å². The maximum absolute atomic E-state index is 4.85. The first kappa shape index (κ1) is 14.8. The standard InChI is InChI=1S/C16H22N6S/c1-10-4-5-12-11(8-10)13-14-18-9-19-22(14)16(20-15(13)23-12)17-6-7-21(2)3/h9-10H,4-8H2,1-3H3,(H,17,20). The third kappa shape index (κ3) is 2.57. The molecule has 7 heteroatoms. The summed E-state index contributed by atoms with van der Waals surface area (Å²) < 4.78 is 1.85. The van der Waals surface area contributed by atoms with Crippen molar-refractivity contribution < 1.29 is 0 Å². The number of rotatable bonds is 4. The highest BCUT2D eigenvalue weighted by Crippen LogP contribution is 2.39. The number of likely N-dealkylation sites (N-methyl/N-ethyl adjacent to an activating group) is 1. The molecule has 3 aromatic rings. The van der Waals surface area contributed by atoms with Crippen molar-refractivity contribution in [2.75, 3.05) is 32.5 Å². The molecule has 0 saturated carbocycles. The molecule has 3 aromatic heterocycles. The zero-order valence-corrected chi connectivity index (χ0v) is 14.7. The van der Waals surface area contributed by atoms with Crippen LogP contribution in [0, 0.1) is 5.92 Å². The first-order chi connectivity index (χ1) is 11.1. The molecule has 6 nitrogen and oxygen atoms in total. The molecule has 0 aliphatic heterocycles. The van der Waals surface area contributed by atoms with Gasteiger partial charge in [0.25, 0.3) is 0 Å². The number of anilines is 1. The van der Waals surface area contributed by atoms with E-state index in [9.17, 15) is 0 Å². The first-order valence-electron chi connectivity index (χ1n) is 8.16. The normalized spacial score (nSPS) is 18.0. The highest BCUT2D eigenvalue weighted by atomic mass is 32.1. The lowest BCUT2D eigenvalue weighted by Gasteiger charge is -2.18. The van der Waals surface area contributed by atoms with Crippen LogP contribution in [-0.2, 0) is 12.8 Å². The Kier molecular flexibility index (Phi) is 3.69. The van der Waals surface area contributed by atoms with Crippen molar-refractivity contribution in [2.45, 2.75) is 26.2 Å². The van der Waals surface area contributed by atoms with Gasteiger partial charge < -0.3 is 10.2 Å². The van der Waals surface area contributed by atoms with E-state index in [1.54, 1.807) is 6.33 Å². The van der Waals surface area contributed by atoms with Gasteiger partial charge in [-0.15, -0.1) is 11.3 Å². The minimum Gasteiger partial charge on any atom is -0.353 e. The molecule has 122 valence electrons. The number of nitrogens with zero attached hydrogens (tertiary/aromatic N) is 5. The second-order valence-corrected chi connectivity index (χ2v) is 7.78. The van der Waals surface area contributed by atoms with Crippen molar-refractivity contribution in [3.8, 4) is 0 Å². The van der Waals surface area contributed by atoms with Crippen LogP contribution >= 0.6 is 11.3 Å². The molecule has 0 aromatic carbocycles. The third-order valence-electron chi connectivity index (χ3n) is 4.51. The van der Waals surface area contributed by atoms with Gasteiger partial charge in [0.15, 0.2) is 5.65 Å². The van der Waals surface area contributed by atoms with E-state index >= 15 is 0 Å². The number of hydrogen-bond acceptors (Lipinski definition) is 6. The Bertz CT molecular complexity index is 849. The van der Waals surface area contributed by atoms with Crippen molar-refractivity contribution in [1.29, 1.82) is 0 Å². The van der Waals surface area contributed by atoms with Crippen molar-refractivity contribution in [3.63, 3.8) is 0 Å². The number of hydrogen-bond donors (Lipinski definition) is 1. The Morgan fingerprint density at radius 1 is 1.43 bits per heavy atom. The molecule has 1 unspecified atom stereocenters. The van der Waals surface area contributed by atoms with Gasteiger partial charge in [0, 0.05) is 18.0 Å². The topological polar surface area (TPSA) is 58.4 Å². The second-order valence-electron chi connectivity index (χ2n) is 6.69. The number of fused-ring (bicyclic) bond motifs is 5. The second kappa shape index (κ2) is 5.72. The monoisotopic (exact) mass is 330 g/mol. The molecule has 0 spiro atoms. The third-order valence-corrected chi connectivity index (χ3v) is 5.70. The average Bonchev–Trinajstić information content (AvgIpc) is 3.10. The summed E-state index contributed by atoms with van der Waals surface area (Å²) >= 11 is 1.83. The summed E-state index contributed by atoms with van der Waals surface area (Å²) in [5.41, 5.74) is 2.39. The average molecular weight is 330 g/mol. The van der Waals surface area contributed by atoms with Gasteiger partial charge in [-0.3, -0.25) is 0 Å². The largest absolute Gasteiger partial charge is 0.353 e. The van der Waals surface area contributed by atoms with Gasteiger partial charge in [-0.25, -0.2) is 9.97 Å². The summed E-state index contributed by atoms with van der Waals surface area (Å²) in [6.07, 6.45) is 5.20. The molecule has 1 N–H and O–H groups in total. The molecular weight excluding hydrogens is 308 g/mol. The molecule has 4 rings (SSSR count). The molecule has 0 fully saturated rings. The zero-order chi connectivity index (χ0) is 16.0. The maximum atomic E-state index is 4.85. The number of thiophene rings is 1. The summed E-state index contributed by atoms with van der Waals surface area (Å²) in [5.74, 6) is 1.53. The number of nitrogens with one attached hydrogen (secondary N) is 1. The van der Waals surface area contributed by atoms with E-state index in [0.29, 0.717) is 0 Å². The Hall–Kier alpha value is -1.73. The van der Waals surface area contributed by atoms with Gasteiger partial charge in [0.05, 0.1) is 5.39 Å². The fourth-order valence-electron chi connectivity index (χ4n) is 3.27. The van der Waals surface area contributed by atoms with Crippen molar-refractivity contribution >= 4 is 33.1 Å². The van der Waals surface area contributed by atoms with Crippen LogP contribution in [0.1, 0.15) is 23.8 Å². The fourth-order valence-corrected chi connectivity index (χ4v) is 4.48. The van der Waals surface area contributed by atoms with Gasteiger partial charge in [-0.1, -0.05) is 6.92 Å². The van der Waals surface area contributed by atoms with Gasteiger partial charge in [-0.05, 0) is 44.8 Å². The summed E-state index contributed by atoms with van der Waals surface area (Å²) in [6.45, 7) is 4.12. The summed E-state index contributed by atoms with van der Waals surface area (Å²) in [5, 5.41) is 9.00. The number of aryl methyl sites for hydroxylation is 1. The predicted molar refractivity (Wildman–Crippen MR) is 94.4 cm³/mol. The Morgan fingerprint density at radius 2 is 2.30 bits per heavy atom. The van der Waals surface area contributed by atoms with Gasteiger partial charge in [0.1, 0.15) is 11.2 Å². The maximum Gasteiger partial charge on any atom is 0.227 e. The molecule has 0 radical (unpaired) electrons. The molecule has 1 aliphatic carbocycles. The van der Waals surface area contributed by atoms with E-state index in [1.807, 2.05) is 15.9 Å². The van der Waals surface area contributed by atoms with E-state index < -0.39 is 0 Å². The van der Waals surface area contributed by atoms with Crippen molar-refractivity contribution in [2.24, 2.45) is 5.92 Å². The van der Waals surface area contributed by atoms with E-state index in [0.717, 1.165) is 41.9 Å². The highest BCUT2D eigenvalue weighted by molar-refractivity contribution is 7.19. The van der Waals surface area contributed by atoms with Crippen molar-refractivity contribution in [1.82, 2.24) is 24.5 Å². The lowest BCUT2D eigenvalue weighted by molar-refractivity contribution is 0.424. The van der Waals surface area contributed by atoms with E-state index in [-0.39, 0.29) is 0 Å². The van der Waals surface area contributed by atoms with Gasteiger partial charge >= 0.3 is 0 Å². The molecule has 1 atom stereocenters. The van der Waals surface area contributed by atoms with Crippen LogP contribution in [0.15, 0.2) is 6.33 Å². The molecule has 0 saturated heterocycles. The van der Waals surface area contributed by atoms with E-state index in [1.165, 1.54) is 28.7 Å². The lowest BCUT2D eigenvalue weighted by Crippen LogP contribution is -2.22. The van der Waals surface area contributed by atoms with Crippen LogP contribution in [0.4, 0.5) is 5.95 Å². The highest BCUT2D eigenvalue weighted by Gasteiger charge is 2.24. The molecule has 3 heterocycles. The summed E-state index contributed by atoms with van der Waals surface area (Å²) in [4.78, 5) is 14.1. The molecule has 23 heavy (non-hydrogen) atoms. The molecular formula is C16H22N6S. The molecule has 0 bridgehead atoms. The minimum absolute atomic E-state index is 0.737. The SMILES string of the molecule is CC1CCc2sc3nc(NCCN(C)C)n4ncnc4c3c2C1. The summed E-state index contributed by atoms with van der Waals surface area (Å²) in [6, 6.07) is 0. The van der Waals surface area contributed by atoms with E-state index in [2.05, 4.69) is 41.3 Å². The number of aromatic nitrogens is 4. The zero-order valence-electron chi connectivity index (χ0n) is 13.8.